The van der Waals surface area contributed by atoms with E-state index in [-0.39, 0.29) is 18.0 Å². The third kappa shape index (κ3) is 1.63. The van der Waals surface area contributed by atoms with Gasteiger partial charge in [-0.15, -0.1) is 0 Å². The molecule has 2 fully saturated rings. The first-order valence-corrected chi connectivity index (χ1v) is 7.14. The maximum absolute atomic E-state index is 12.0. The molecule has 1 heterocycles. The SMILES string of the molecule is O=C1CC2CC3CC3CCC3=CC(CC3=O)C2O1. The number of hydrogen-bond donors (Lipinski definition) is 0. The van der Waals surface area contributed by atoms with Crippen molar-refractivity contribution in [2.75, 3.05) is 0 Å². The Balaban J connectivity index is 1.65. The Labute approximate surface area is 107 Å². The van der Waals surface area contributed by atoms with Crippen LogP contribution < -0.4 is 0 Å². The van der Waals surface area contributed by atoms with E-state index in [9.17, 15) is 9.59 Å². The van der Waals surface area contributed by atoms with Crippen molar-refractivity contribution in [3.8, 4) is 0 Å². The van der Waals surface area contributed by atoms with Crippen LogP contribution >= 0.6 is 0 Å². The van der Waals surface area contributed by atoms with Crippen LogP contribution in [-0.2, 0) is 14.3 Å². The van der Waals surface area contributed by atoms with Gasteiger partial charge in [-0.25, -0.2) is 0 Å². The van der Waals surface area contributed by atoms with E-state index in [2.05, 4.69) is 6.08 Å². The normalized spacial score (nSPS) is 46.0. The van der Waals surface area contributed by atoms with Gasteiger partial charge in [-0.05, 0) is 43.1 Å². The van der Waals surface area contributed by atoms with Crippen LogP contribution in [-0.4, -0.2) is 17.9 Å². The second-order valence-electron chi connectivity index (χ2n) is 6.43. The van der Waals surface area contributed by atoms with Gasteiger partial charge in [-0.2, -0.15) is 0 Å². The number of carbonyl (C=O) groups excluding carboxylic acids is 2. The van der Waals surface area contributed by atoms with E-state index >= 15 is 0 Å². The molecule has 0 spiro atoms. The lowest BCUT2D eigenvalue weighted by Crippen LogP contribution is -2.25. The Bertz CT molecular complexity index is 451. The molecule has 3 aliphatic carbocycles. The molecule has 0 aromatic heterocycles. The molecular weight excluding hydrogens is 228 g/mol. The minimum absolute atomic E-state index is 0.0155. The average molecular weight is 246 g/mol. The van der Waals surface area contributed by atoms with Crippen molar-refractivity contribution in [3.05, 3.63) is 11.6 Å². The molecule has 3 heteroatoms. The van der Waals surface area contributed by atoms with Crippen molar-refractivity contribution >= 4 is 11.8 Å². The molecule has 96 valence electrons. The number of fused-ring (bicyclic) bond motifs is 4. The molecular formula is C15H18O3. The monoisotopic (exact) mass is 246 g/mol. The highest BCUT2D eigenvalue weighted by molar-refractivity contribution is 5.98. The van der Waals surface area contributed by atoms with E-state index in [1.54, 1.807) is 0 Å². The second-order valence-corrected chi connectivity index (χ2v) is 6.43. The Morgan fingerprint density at radius 2 is 1.89 bits per heavy atom. The van der Waals surface area contributed by atoms with Gasteiger partial charge < -0.3 is 4.74 Å². The van der Waals surface area contributed by atoms with Gasteiger partial charge in [-0.3, -0.25) is 9.59 Å². The number of hydrogen-bond acceptors (Lipinski definition) is 3. The van der Waals surface area contributed by atoms with Crippen LogP contribution in [0.5, 0.6) is 0 Å². The molecule has 1 saturated heterocycles. The lowest BCUT2D eigenvalue weighted by Gasteiger charge is -2.22. The molecule has 0 amide bonds. The Morgan fingerprint density at radius 3 is 2.78 bits per heavy atom. The van der Waals surface area contributed by atoms with E-state index in [1.807, 2.05) is 0 Å². The molecule has 18 heavy (non-hydrogen) atoms. The maximum atomic E-state index is 12.0. The zero-order valence-electron chi connectivity index (χ0n) is 10.4. The summed E-state index contributed by atoms with van der Waals surface area (Å²) in [4.78, 5) is 23.5. The Morgan fingerprint density at radius 1 is 1.06 bits per heavy atom. The number of rotatable bonds is 0. The fourth-order valence-corrected chi connectivity index (χ4v) is 4.15. The van der Waals surface area contributed by atoms with Gasteiger partial charge in [0.25, 0.3) is 0 Å². The summed E-state index contributed by atoms with van der Waals surface area (Å²) in [7, 11) is 0. The lowest BCUT2D eigenvalue weighted by molar-refractivity contribution is -0.143. The standard InChI is InChI=1S/C15H18O3/c16-13-6-11-4-9(13)2-1-8-3-10(8)5-12-7-14(17)18-15(11)12/h4,8,10-12,15H,1-3,5-7H2. The molecule has 0 radical (unpaired) electrons. The first-order valence-electron chi connectivity index (χ1n) is 7.14. The molecule has 5 atom stereocenters. The highest BCUT2D eigenvalue weighted by Gasteiger charge is 2.48. The number of ketones is 1. The molecule has 0 aromatic rings. The first kappa shape index (κ1) is 10.8. The van der Waals surface area contributed by atoms with Gasteiger partial charge >= 0.3 is 5.97 Å². The van der Waals surface area contributed by atoms with Crippen molar-refractivity contribution in [2.45, 2.75) is 44.6 Å². The van der Waals surface area contributed by atoms with Crippen molar-refractivity contribution < 1.29 is 14.3 Å². The molecule has 5 unspecified atom stereocenters. The fraction of sp³-hybridized carbons (Fsp3) is 0.733. The predicted octanol–water partition coefficient (Wildman–Crippen LogP) is 2.25. The summed E-state index contributed by atoms with van der Waals surface area (Å²) in [5.41, 5.74) is 1.01. The molecule has 1 aliphatic heterocycles. The van der Waals surface area contributed by atoms with Crippen LogP contribution in [0.4, 0.5) is 0 Å². The molecule has 3 nitrogen and oxygen atoms in total. The summed E-state index contributed by atoms with van der Waals surface area (Å²) < 4.78 is 5.51. The number of allylic oxidation sites excluding steroid dienone is 1. The van der Waals surface area contributed by atoms with Crippen LogP contribution in [0.15, 0.2) is 11.6 Å². The van der Waals surface area contributed by atoms with E-state index in [0.717, 1.165) is 30.3 Å². The summed E-state index contributed by atoms with van der Waals surface area (Å²) in [5.74, 6) is 2.35. The highest BCUT2D eigenvalue weighted by atomic mass is 16.6. The molecule has 4 rings (SSSR count). The lowest BCUT2D eigenvalue weighted by atomic mass is 9.86. The van der Waals surface area contributed by atoms with Crippen LogP contribution in [0.3, 0.4) is 0 Å². The molecule has 2 bridgehead atoms. The van der Waals surface area contributed by atoms with Gasteiger partial charge in [0.2, 0.25) is 0 Å². The summed E-state index contributed by atoms with van der Waals surface area (Å²) in [6.07, 6.45) is 7.78. The molecule has 0 aromatic carbocycles. The van der Waals surface area contributed by atoms with Crippen molar-refractivity contribution in [1.29, 1.82) is 0 Å². The Kier molecular flexibility index (Phi) is 2.21. The Hall–Kier alpha value is -1.12. The predicted molar refractivity (Wildman–Crippen MR) is 64.6 cm³/mol. The summed E-state index contributed by atoms with van der Waals surface area (Å²) in [6.45, 7) is 0. The third-order valence-electron chi connectivity index (χ3n) is 5.24. The minimum Gasteiger partial charge on any atom is -0.461 e. The number of Topliss-reactive ketones (excluding diaryl/α,β-unsaturated/α-hetero) is 1. The average Bonchev–Trinajstić information content (AvgIpc) is 2.80. The molecule has 0 N–H and O–H groups in total. The van der Waals surface area contributed by atoms with Crippen LogP contribution in [0.1, 0.15) is 38.5 Å². The molecule has 4 aliphatic rings. The topological polar surface area (TPSA) is 43.4 Å². The molecule has 1 saturated carbocycles. The van der Waals surface area contributed by atoms with Gasteiger partial charge in [0.1, 0.15) is 6.10 Å². The van der Waals surface area contributed by atoms with Gasteiger partial charge in [-0.1, -0.05) is 6.08 Å². The zero-order valence-corrected chi connectivity index (χ0v) is 10.4. The van der Waals surface area contributed by atoms with Crippen molar-refractivity contribution in [1.82, 2.24) is 0 Å². The number of ether oxygens (including phenoxy) is 1. The van der Waals surface area contributed by atoms with E-state index in [4.69, 9.17) is 4.74 Å². The van der Waals surface area contributed by atoms with Gasteiger partial charge in [0.15, 0.2) is 5.78 Å². The summed E-state index contributed by atoms with van der Waals surface area (Å²) in [5, 5.41) is 0. The zero-order chi connectivity index (χ0) is 12.3. The maximum Gasteiger partial charge on any atom is 0.306 e. The minimum atomic E-state index is -0.0595. The van der Waals surface area contributed by atoms with E-state index in [1.165, 1.54) is 12.8 Å². The second kappa shape index (κ2) is 3.69. The van der Waals surface area contributed by atoms with Crippen molar-refractivity contribution in [3.63, 3.8) is 0 Å². The van der Waals surface area contributed by atoms with E-state index < -0.39 is 0 Å². The van der Waals surface area contributed by atoms with Crippen molar-refractivity contribution in [2.24, 2.45) is 23.7 Å². The quantitative estimate of drug-likeness (QED) is 0.616. The van der Waals surface area contributed by atoms with E-state index in [0.29, 0.717) is 24.5 Å². The first-order chi connectivity index (χ1) is 8.70. The van der Waals surface area contributed by atoms with Crippen LogP contribution in [0, 0.1) is 23.7 Å². The van der Waals surface area contributed by atoms with Crippen LogP contribution in [0.25, 0.3) is 0 Å². The third-order valence-corrected chi connectivity index (χ3v) is 5.24. The number of carbonyl (C=O) groups is 2. The van der Waals surface area contributed by atoms with Gasteiger partial charge in [0, 0.05) is 18.3 Å². The summed E-state index contributed by atoms with van der Waals surface area (Å²) >= 11 is 0. The van der Waals surface area contributed by atoms with Crippen LogP contribution in [0.2, 0.25) is 0 Å². The highest BCUT2D eigenvalue weighted by Crippen LogP contribution is 2.51. The fourth-order valence-electron chi connectivity index (χ4n) is 4.15. The van der Waals surface area contributed by atoms with Gasteiger partial charge in [0.05, 0.1) is 6.42 Å². The summed E-state index contributed by atoms with van der Waals surface area (Å²) in [6, 6.07) is 0. The largest absolute Gasteiger partial charge is 0.461 e. The smallest absolute Gasteiger partial charge is 0.306 e. The number of esters is 1.